The van der Waals surface area contributed by atoms with Crippen LogP contribution in [0.1, 0.15) is 32.3 Å². The molecule has 10 heteroatoms. The zero-order valence-corrected chi connectivity index (χ0v) is 20.2. The second-order valence-electron chi connectivity index (χ2n) is 8.89. The second kappa shape index (κ2) is 11.6. The number of hydrogen-bond acceptors (Lipinski definition) is 8. The fraction of sp³-hybridized carbons (Fsp3) is 0.652. The number of carbonyl (C=O) groups excluding carboxylic acids is 2. The first-order valence-corrected chi connectivity index (χ1v) is 11.7. The Kier molecular flexibility index (Phi) is 8.90. The number of nitrogens with two attached hydrogens (primary N) is 1. The zero-order valence-electron chi connectivity index (χ0n) is 20.2. The molecule has 0 aromatic heterocycles. The van der Waals surface area contributed by atoms with Crippen LogP contribution in [0.3, 0.4) is 0 Å². The first-order valence-electron chi connectivity index (χ1n) is 11.7. The van der Waals surface area contributed by atoms with Crippen molar-refractivity contribution in [3.05, 3.63) is 23.8 Å². The molecular weight excluding hydrogens is 424 g/mol. The number of carbonyl (C=O) groups is 2. The van der Waals surface area contributed by atoms with E-state index >= 15 is 0 Å². The SMILES string of the molecule is COC(=O)N1c2ccc(C(CN)CNCCN3CCNC3)cc2N(C(=O)OC(C)C)C[C@@H]1C. The highest BCUT2D eigenvalue weighted by atomic mass is 16.6. The zero-order chi connectivity index (χ0) is 24.0. The monoisotopic (exact) mass is 462 g/mol. The lowest BCUT2D eigenvalue weighted by atomic mass is 9.96. The van der Waals surface area contributed by atoms with Crippen LogP contribution in [-0.4, -0.2) is 88.8 Å². The van der Waals surface area contributed by atoms with Crippen LogP contribution in [0.2, 0.25) is 0 Å². The van der Waals surface area contributed by atoms with Crippen LogP contribution in [-0.2, 0) is 9.47 Å². The van der Waals surface area contributed by atoms with Gasteiger partial charge in [0, 0.05) is 51.9 Å². The maximum Gasteiger partial charge on any atom is 0.414 e. The molecule has 1 aromatic carbocycles. The first-order chi connectivity index (χ1) is 15.8. The van der Waals surface area contributed by atoms with E-state index in [2.05, 4.69) is 15.5 Å². The predicted molar refractivity (Wildman–Crippen MR) is 129 cm³/mol. The molecule has 2 amide bonds. The fourth-order valence-electron chi connectivity index (χ4n) is 4.31. The Morgan fingerprint density at radius 2 is 2.06 bits per heavy atom. The minimum absolute atomic E-state index is 0.0703. The molecule has 1 saturated heterocycles. The molecule has 2 heterocycles. The van der Waals surface area contributed by atoms with Gasteiger partial charge in [-0.15, -0.1) is 0 Å². The number of amides is 2. The van der Waals surface area contributed by atoms with Crippen LogP contribution in [0.15, 0.2) is 18.2 Å². The maximum atomic E-state index is 12.9. The van der Waals surface area contributed by atoms with E-state index < -0.39 is 12.2 Å². The summed E-state index contributed by atoms with van der Waals surface area (Å²) in [7, 11) is 1.36. The smallest absolute Gasteiger partial charge is 0.414 e. The van der Waals surface area contributed by atoms with E-state index in [1.165, 1.54) is 7.11 Å². The topological polar surface area (TPSA) is 112 Å². The van der Waals surface area contributed by atoms with Crippen molar-refractivity contribution in [3.63, 3.8) is 0 Å². The van der Waals surface area contributed by atoms with Gasteiger partial charge < -0.3 is 25.8 Å². The molecule has 2 aliphatic heterocycles. The normalized spacial score (nSPS) is 19.5. The number of hydrogen-bond donors (Lipinski definition) is 3. The minimum Gasteiger partial charge on any atom is -0.452 e. The van der Waals surface area contributed by atoms with E-state index in [4.69, 9.17) is 15.2 Å². The number of fused-ring (bicyclic) bond motifs is 1. The summed E-state index contributed by atoms with van der Waals surface area (Å²) in [6, 6.07) is 5.53. The van der Waals surface area contributed by atoms with Crippen molar-refractivity contribution < 1.29 is 19.1 Å². The standard InChI is InChI=1S/C23H38N6O4/c1-16(2)33-22(30)28-14-17(3)29(23(31)32-4)20-6-5-18(11-21(20)28)19(12-24)13-25-7-9-27-10-8-26-15-27/h5-6,11,16-17,19,25-26H,7-10,12-15,24H2,1-4H3/t17-,19?/m0/s1. The van der Waals surface area contributed by atoms with Gasteiger partial charge in [-0.25, -0.2) is 9.59 Å². The van der Waals surface area contributed by atoms with Crippen molar-refractivity contribution in [1.29, 1.82) is 0 Å². The number of benzene rings is 1. The van der Waals surface area contributed by atoms with Crippen molar-refractivity contribution in [2.75, 3.05) is 69.4 Å². The van der Waals surface area contributed by atoms with E-state index in [0.717, 1.165) is 45.0 Å². The van der Waals surface area contributed by atoms with Gasteiger partial charge in [-0.3, -0.25) is 14.7 Å². The minimum atomic E-state index is -0.457. The Bertz CT molecular complexity index is 814. The van der Waals surface area contributed by atoms with Crippen molar-refractivity contribution in [3.8, 4) is 0 Å². The summed E-state index contributed by atoms with van der Waals surface area (Å²) < 4.78 is 10.5. The van der Waals surface area contributed by atoms with Crippen LogP contribution in [0, 0.1) is 0 Å². The molecular formula is C23H38N6O4. The Morgan fingerprint density at radius 3 is 2.70 bits per heavy atom. The summed E-state index contributed by atoms with van der Waals surface area (Å²) in [6.07, 6.45) is -1.13. The summed E-state index contributed by atoms with van der Waals surface area (Å²) in [4.78, 5) is 30.9. The molecule has 2 aliphatic rings. The summed E-state index contributed by atoms with van der Waals surface area (Å²) in [5.41, 5.74) is 8.37. The molecule has 0 spiro atoms. The van der Waals surface area contributed by atoms with Crippen molar-refractivity contribution in [1.82, 2.24) is 15.5 Å². The van der Waals surface area contributed by atoms with Gasteiger partial charge in [0.2, 0.25) is 0 Å². The molecule has 0 saturated carbocycles. The van der Waals surface area contributed by atoms with E-state index in [-0.39, 0.29) is 18.1 Å². The van der Waals surface area contributed by atoms with E-state index in [0.29, 0.717) is 24.5 Å². The molecule has 33 heavy (non-hydrogen) atoms. The third-order valence-corrected chi connectivity index (χ3v) is 6.06. The Balaban J connectivity index is 1.80. The molecule has 0 radical (unpaired) electrons. The maximum absolute atomic E-state index is 12.9. The molecule has 0 aliphatic carbocycles. The fourth-order valence-corrected chi connectivity index (χ4v) is 4.31. The molecule has 1 unspecified atom stereocenters. The highest BCUT2D eigenvalue weighted by Gasteiger charge is 2.36. The van der Waals surface area contributed by atoms with Gasteiger partial charge in [0.05, 0.1) is 37.2 Å². The molecule has 1 fully saturated rings. The largest absolute Gasteiger partial charge is 0.452 e. The number of ether oxygens (including phenoxy) is 2. The van der Waals surface area contributed by atoms with Crippen LogP contribution in [0.25, 0.3) is 0 Å². The van der Waals surface area contributed by atoms with Crippen molar-refractivity contribution >= 4 is 23.6 Å². The summed E-state index contributed by atoms with van der Waals surface area (Å²) >= 11 is 0. The van der Waals surface area contributed by atoms with E-state index in [9.17, 15) is 9.59 Å². The summed E-state index contributed by atoms with van der Waals surface area (Å²) in [5.74, 6) is 0.0703. The highest BCUT2D eigenvalue weighted by molar-refractivity contribution is 6.00. The second-order valence-corrected chi connectivity index (χ2v) is 8.89. The quantitative estimate of drug-likeness (QED) is 0.499. The number of nitrogens with one attached hydrogen (secondary N) is 2. The molecule has 4 N–H and O–H groups in total. The van der Waals surface area contributed by atoms with Gasteiger partial charge in [-0.1, -0.05) is 6.07 Å². The molecule has 2 atom stereocenters. The molecule has 1 aromatic rings. The van der Waals surface area contributed by atoms with E-state index in [1.807, 2.05) is 39.0 Å². The van der Waals surface area contributed by atoms with Crippen LogP contribution in [0.5, 0.6) is 0 Å². The van der Waals surface area contributed by atoms with Gasteiger partial charge >= 0.3 is 12.2 Å². The third-order valence-electron chi connectivity index (χ3n) is 6.06. The van der Waals surface area contributed by atoms with Gasteiger partial charge in [0.25, 0.3) is 0 Å². The van der Waals surface area contributed by atoms with Gasteiger partial charge in [0.1, 0.15) is 0 Å². The third kappa shape index (κ3) is 6.14. The van der Waals surface area contributed by atoms with Crippen LogP contribution in [0.4, 0.5) is 21.0 Å². The van der Waals surface area contributed by atoms with Gasteiger partial charge in [-0.2, -0.15) is 0 Å². The summed E-state index contributed by atoms with van der Waals surface area (Å²) in [6.45, 7) is 11.9. The lowest BCUT2D eigenvalue weighted by Crippen LogP contribution is -2.52. The van der Waals surface area contributed by atoms with Crippen LogP contribution >= 0.6 is 0 Å². The molecule has 10 nitrogen and oxygen atoms in total. The van der Waals surface area contributed by atoms with Crippen molar-refractivity contribution in [2.45, 2.75) is 38.8 Å². The number of methoxy groups -OCH3 is 1. The first kappa shape index (κ1) is 25.2. The lowest BCUT2D eigenvalue weighted by Gasteiger charge is -2.40. The van der Waals surface area contributed by atoms with Crippen molar-refractivity contribution in [2.24, 2.45) is 5.73 Å². The Labute approximate surface area is 196 Å². The number of rotatable bonds is 8. The molecule has 184 valence electrons. The average Bonchev–Trinajstić information content (AvgIpc) is 3.31. The van der Waals surface area contributed by atoms with Crippen LogP contribution < -0.4 is 26.2 Å². The Morgan fingerprint density at radius 1 is 1.27 bits per heavy atom. The lowest BCUT2D eigenvalue weighted by molar-refractivity contribution is 0.121. The highest BCUT2D eigenvalue weighted by Crippen LogP contribution is 2.38. The van der Waals surface area contributed by atoms with E-state index in [1.54, 1.807) is 9.80 Å². The Hall–Kier alpha value is -2.40. The molecule has 0 bridgehead atoms. The van der Waals surface area contributed by atoms with Gasteiger partial charge in [0.15, 0.2) is 0 Å². The summed E-state index contributed by atoms with van der Waals surface area (Å²) in [5, 5.41) is 6.84. The molecule has 3 rings (SSSR count). The van der Waals surface area contributed by atoms with Gasteiger partial charge in [-0.05, 0) is 38.5 Å². The average molecular weight is 463 g/mol. The predicted octanol–water partition coefficient (Wildman–Crippen LogP) is 1.51. The number of anilines is 2. The number of nitrogens with zero attached hydrogens (tertiary/aromatic N) is 3.